The standard InChI is InChI=1S/C16H19N3O/c1-12-4-6-13(7-5-12)10-18-16(20)14-8-9-15(17-11-14)19(2)3/h4-9,11H,10H2,1-3H3,(H,18,20). The zero-order chi connectivity index (χ0) is 14.5. The van der Waals surface area contributed by atoms with Crippen LogP contribution in [0.2, 0.25) is 0 Å². The first kappa shape index (κ1) is 14.1. The van der Waals surface area contributed by atoms with Crippen LogP contribution in [-0.2, 0) is 6.54 Å². The zero-order valence-corrected chi connectivity index (χ0v) is 12.1. The Kier molecular flexibility index (Phi) is 4.35. The topological polar surface area (TPSA) is 45.2 Å². The third-order valence-electron chi connectivity index (χ3n) is 3.04. The predicted octanol–water partition coefficient (Wildman–Crippen LogP) is 2.39. The summed E-state index contributed by atoms with van der Waals surface area (Å²) in [6.07, 6.45) is 1.60. The van der Waals surface area contributed by atoms with E-state index in [0.29, 0.717) is 12.1 Å². The largest absolute Gasteiger partial charge is 0.363 e. The van der Waals surface area contributed by atoms with E-state index in [1.165, 1.54) is 5.56 Å². The predicted molar refractivity (Wildman–Crippen MR) is 80.9 cm³/mol. The van der Waals surface area contributed by atoms with Gasteiger partial charge in [0.2, 0.25) is 0 Å². The number of aryl methyl sites for hydroxylation is 1. The van der Waals surface area contributed by atoms with Crippen LogP contribution in [0.15, 0.2) is 42.6 Å². The maximum Gasteiger partial charge on any atom is 0.253 e. The number of nitrogens with zero attached hydrogens (tertiary/aromatic N) is 2. The lowest BCUT2D eigenvalue weighted by Crippen LogP contribution is -2.23. The van der Waals surface area contributed by atoms with Crippen LogP contribution in [0.1, 0.15) is 21.5 Å². The fourth-order valence-corrected chi connectivity index (χ4v) is 1.78. The number of anilines is 1. The van der Waals surface area contributed by atoms with Crippen molar-refractivity contribution in [3.05, 3.63) is 59.3 Å². The number of carbonyl (C=O) groups is 1. The summed E-state index contributed by atoms with van der Waals surface area (Å²) in [6, 6.07) is 11.7. The molecule has 20 heavy (non-hydrogen) atoms. The van der Waals surface area contributed by atoms with Crippen molar-refractivity contribution >= 4 is 11.7 Å². The van der Waals surface area contributed by atoms with Crippen LogP contribution >= 0.6 is 0 Å². The van der Waals surface area contributed by atoms with Crippen molar-refractivity contribution in [1.29, 1.82) is 0 Å². The number of carbonyl (C=O) groups excluding carboxylic acids is 1. The van der Waals surface area contributed by atoms with Gasteiger partial charge in [0.15, 0.2) is 0 Å². The fourth-order valence-electron chi connectivity index (χ4n) is 1.78. The molecule has 1 aromatic heterocycles. The van der Waals surface area contributed by atoms with E-state index in [4.69, 9.17) is 0 Å². The summed E-state index contributed by atoms with van der Waals surface area (Å²) < 4.78 is 0. The summed E-state index contributed by atoms with van der Waals surface area (Å²) in [6.45, 7) is 2.56. The molecule has 0 saturated heterocycles. The fraction of sp³-hybridized carbons (Fsp3) is 0.250. The zero-order valence-electron chi connectivity index (χ0n) is 12.1. The van der Waals surface area contributed by atoms with Gasteiger partial charge >= 0.3 is 0 Å². The minimum absolute atomic E-state index is 0.108. The van der Waals surface area contributed by atoms with Crippen LogP contribution in [0.25, 0.3) is 0 Å². The summed E-state index contributed by atoms with van der Waals surface area (Å²) in [4.78, 5) is 18.1. The number of amides is 1. The van der Waals surface area contributed by atoms with Gasteiger partial charge in [0.1, 0.15) is 5.82 Å². The van der Waals surface area contributed by atoms with E-state index in [1.54, 1.807) is 12.3 Å². The first-order chi connectivity index (χ1) is 9.56. The molecule has 2 rings (SSSR count). The molecule has 1 N–H and O–H groups in total. The van der Waals surface area contributed by atoms with Crippen molar-refractivity contribution in [3.8, 4) is 0 Å². The van der Waals surface area contributed by atoms with Gasteiger partial charge in [0, 0.05) is 26.8 Å². The van der Waals surface area contributed by atoms with Gasteiger partial charge in [-0.1, -0.05) is 29.8 Å². The maximum absolute atomic E-state index is 12.0. The monoisotopic (exact) mass is 269 g/mol. The highest BCUT2D eigenvalue weighted by molar-refractivity contribution is 5.94. The maximum atomic E-state index is 12.0. The molecule has 0 aliphatic carbocycles. The SMILES string of the molecule is Cc1ccc(CNC(=O)c2ccc(N(C)C)nc2)cc1. The first-order valence-corrected chi connectivity index (χ1v) is 6.53. The molecule has 0 spiro atoms. The molecule has 0 radical (unpaired) electrons. The van der Waals surface area contributed by atoms with Gasteiger partial charge in [0.05, 0.1) is 5.56 Å². The average Bonchev–Trinajstić information content (AvgIpc) is 2.46. The van der Waals surface area contributed by atoms with Gasteiger partial charge in [-0.15, -0.1) is 0 Å². The van der Waals surface area contributed by atoms with Gasteiger partial charge in [-0.25, -0.2) is 4.98 Å². The molecule has 4 nitrogen and oxygen atoms in total. The molecule has 0 aliphatic heterocycles. The van der Waals surface area contributed by atoms with E-state index in [-0.39, 0.29) is 5.91 Å². The van der Waals surface area contributed by atoms with Crippen molar-refractivity contribution in [3.63, 3.8) is 0 Å². The third kappa shape index (κ3) is 3.57. The smallest absolute Gasteiger partial charge is 0.253 e. The van der Waals surface area contributed by atoms with Crippen LogP contribution in [0.4, 0.5) is 5.82 Å². The Hall–Kier alpha value is -2.36. The highest BCUT2D eigenvalue weighted by Crippen LogP contribution is 2.08. The van der Waals surface area contributed by atoms with Crippen molar-refractivity contribution < 1.29 is 4.79 Å². The number of hydrogen-bond acceptors (Lipinski definition) is 3. The number of aromatic nitrogens is 1. The highest BCUT2D eigenvalue weighted by Gasteiger charge is 2.06. The lowest BCUT2D eigenvalue weighted by Gasteiger charge is -2.11. The second-order valence-corrected chi connectivity index (χ2v) is 4.97. The quantitative estimate of drug-likeness (QED) is 0.927. The first-order valence-electron chi connectivity index (χ1n) is 6.53. The van der Waals surface area contributed by atoms with Crippen LogP contribution in [0, 0.1) is 6.92 Å². The molecule has 2 aromatic rings. The molecule has 4 heteroatoms. The Morgan fingerprint density at radius 3 is 2.40 bits per heavy atom. The highest BCUT2D eigenvalue weighted by atomic mass is 16.1. The molecule has 0 unspecified atom stereocenters. The van der Waals surface area contributed by atoms with E-state index >= 15 is 0 Å². The van der Waals surface area contributed by atoms with E-state index in [9.17, 15) is 4.79 Å². The summed E-state index contributed by atoms with van der Waals surface area (Å²) in [7, 11) is 3.83. The molecular weight excluding hydrogens is 250 g/mol. The molecule has 0 saturated carbocycles. The Balaban J connectivity index is 1.96. The van der Waals surface area contributed by atoms with E-state index in [0.717, 1.165) is 11.4 Å². The number of hydrogen-bond donors (Lipinski definition) is 1. The molecule has 1 amide bonds. The Morgan fingerprint density at radius 1 is 1.15 bits per heavy atom. The third-order valence-corrected chi connectivity index (χ3v) is 3.04. The van der Waals surface area contributed by atoms with Crippen LogP contribution in [0.3, 0.4) is 0 Å². The average molecular weight is 269 g/mol. The molecule has 1 aromatic carbocycles. The van der Waals surface area contributed by atoms with Crippen LogP contribution < -0.4 is 10.2 Å². The van der Waals surface area contributed by atoms with E-state index in [2.05, 4.69) is 10.3 Å². The summed E-state index contributed by atoms with van der Waals surface area (Å²) in [5.41, 5.74) is 2.87. The Bertz CT molecular complexity index is 574. The lowest BCUT2D eigenvalue weighted by atomic mass is 10.1. The van der Waals surface area contributed by atoms with Crippen molar-refractivity contribution in [2.75, 3.05) is 19.0 Å². The molecule has 1 heterocycles. The van der Waals surface area contributed by atoms with Crippen molar-refractivity contribution in [1.82, 2.24) is 10.3 Å². The molecule has 0 aliphatic rings. The number of rotatable bonds is 4. The summed E-state index contributed by atoms with van der Waals surface area (Å²) >= 11 is 0. The minimum atomic E-state index is -0.108. The Labute approximate surface area is 119 Å². The van der Waals surface area contributed by atoms with Crippen LogP contribution in [-0.4, -0.2) is 25.0 Å². The lowest BCUT2D eigenvalue weighted by molar-refractivity contribution is 0.0950. The molecular formula is C16H19N3O. The van der Waals surface area contributed by atoms with Crippen molar-refractivity contribution in [2.24, 2.45) is 0 Å². The molecule has 0 fully saturated rings. The van der Waals surface area contributed by atoms with E-state index < -0.39 is 0 Å². The summed E-state index contributed by atoms with van der Waals surface area (Å²) in [5, 5.41) is 2.89. The van der Waals surface area contributed by atoms with Gasteiger partial charge < -0.3 is 10.2 Å². The Morgan fingerprint density at radius 2 is 1.85 bits per heavy atom. The molecule has 0 bridgehead atoms. The number of nitrogens with one attached hydrogen (secondary N) is 1. The van der Waals surface area contributed by atoms with Crippen LogP contribution in [0.5, 0.6) is 0 Å². The van der Waals surface area contributed by atoms with Gasteiger partial charge in [0.25, 0.3) is 5.91 Å². The minimum Gasteiger partial charge on any atom is -0.363 e. The number of benzene rings is 1. The number of pyridine rings is 1. The summed E-state index contributed by atoms with van der Waals surface area (Å²) in [5.74, 6) is 0.725. The van der Waals surface area contributed by atoms with Crippen molar-refractivity contribution in [2.45, 2.75) is 13.5 Å². The molecule has 104 valence electrons. The second kappa shape index (κ2) is 6.19. The normalized spacial score (nSPS) is 10.2. The molecule has 0 atom stereocenters. The van der Waals surface area contributed by atoms with E-state index in [1.807, 2.05) is 56.3 Å². The van der Waals surface area contributed by atoms with Gasteiger partial charge in [-0.05, 0) is 24.6 Å². The van der Waals surface area contributed by atoms with Gasteiger partial charge in [-0.3, -0.25) is 4.79 Å². The van der Waals surface area contributed by atoms with Gasteiger partial charge in [-0.2, -0.15) is 0 Å². The second-order valence-electron chi connectivity index (χ2n) is 4.97.